The molecule has 0 saturated carbocycles. The number of halogens is 1. The standard InChI is InChI=1S/C6H6ClN3O2/c7-4-3(5(11)12)10-2-1-8-6(10)9-4/h1-2H2,(H,8,9)(H,11,12). The van der Waals surface area contributed by atoms with Crippen LogP contribution in [0.2, 0.25) is 5.15 Å². The van der Waals surface area contributed by atoms with Gasteiger partial charge in [-0.2, -0.15) is 0 Å². The number of rotatable bonds is 1. The lowest BCUT2D eigenvalue weighted by molar-refractivity contribution is 0.0686. The highest BCUT2D eigenvalue weighted by Gasteiger charge is 2.23. The molecule has 0 bridgehead atoms. The molecular formula is C6H6ClN3O2. The van der Waals surface area contributed by atoms with Crippen molar-refractivity contribution in [3.05, 3.63) is 10.8 Å². The summed E-state index contributed by atoms with van der Waals surface area (Å²) in [5.74, 6) is -0.500. The number of carboxylic acid groups (broad SMARTS) is 1. The van der Waals surface area contributed by atoms with Gasteiger partial charge in [0.1, 0.15) is 0 Å². The van der Waals surface area contributed by atoms with Gasteiger partial charge in [0.05, 0.1) is 0 Å². The molecular weight excluding hydrogens is 182 g/mol. The first-order valence-corrected chi connectivity index (χ1v) is 3.81. The van der Waals surface area contributed by atoms with Crippen molar-refractivity contribution in [3.8, 4) is 0 Å². The van der Waals surface area contributed by atoms with Crippen LogP contribution in [-0.4, -0.2) is 27.2 Å². The van der Waals surface area contributed by atoms with Gasteiger partial charge in [0.25, 0.3) is 0 Å². The third-order valence-electron chi connectivity index (χ3n) is 1.75. The Morgan fingerprint density at radius 3 is 3.17 bits per heavy atom. The Balaban J connectivity index is 2.59. The summed E-state index contributed by atoms with van der Waals surface area (Å²) in [5, 5.41) is 11.7. The van der Waals surface area contributed by atoms with Gasteiger partial charge in [-0.05, 0) is 0 Å². The predicted molar refractivity (Wildman–Crippen MR) is 42.7 cm³/mol. The van der Waals surface area contributed by atoms with Crippen molar-refractivity contribution < 1.29 is 9.90 Å². The molecule has 5 nitrogen and oxygen atoms in total. The predicted octanol–water partition coefficient (Wildman–Crippen LogP) is 0.660. The fraction of sp³-hybridized carbons (Fsp3) is 0.333. The van der Waals surface area contributed by atoms with E-state index in [9.17, 15) is 4.79 Å². The molecule has 0 spiro atoms. The number of hydrogen-bond donors (Lipinski definition) is 2. The molecule has 6 heteroatoms. The third-order valence-corrected chi connectivity index (χ3v) is 2.01. The Kier molecular flexibility index (Phi) is 1.47. The third kappa shape index (κ3) is 0.863. The van der Waals surface area contributed by atoms with Crippen LogP contribution in [0.3, 0.4) is 0 Å². The summed E-state index contributed by atoms with van der Waals surface area (Å²) in [6, 6.07) is 0. The number of carboxylic acids is 1. The Bertz CT molecular complexity index is 347. The van der Waals surface area contributed by atoms with E-state index in [0.29, 0.717) is 19.0 Å². The molecule has 0 atom stereocenters. The van der Waals surface area contributed by atoms with Gasteiger partial charge in [0.15, 0.2) is 10.8 Å². The molecule has 12 heavy (non-hydrogen) atoms. The summed E-state index contributed by atoms with van der Waals surface area (Å²) in [5.41, 5.74) is 0.0664. The van der Waals surface area contributed by atoms with E-state index >= 15 is 0 Å². The second-order valence-corrected chi connectivity index (χ2v) is 2.82. The number of aromatic nitrogens is 2. The molecule has 1 aromatic heterocycles. The van der Waals surface area contributed by atoms with Crippen LogP contribution in [0.5, 0.6) is 0 Å². The molecule has 2 N–H and O–H groups in total. The number of hydrogen-bond acceptors (Lipinski definition) is 3. The normalized spacial score (nSPS) is 14.1. The number of nitrogens with one attached hydrogen (secondary N) is 1. The zero-order valence-electron chi connectivity index (χ0n) is 6.04. The molecule has 0 amide bonds. The van der Waals surface area contributed by atoms with E-state index in [4.69, 9.17) is 16.7 Å². The van der Waals surface area contributed by atoms with Crippen molar-refractivity contribution >= 4 is 23.5 Å². The van der Waals surface area contributed by atoms with Gasteiger partial charge in [0.2, 0.25) is 5.95 Å². The van der Waals surface area contributed by atoms with Gasteiger partial charge in [-0.3, -0.25) is 0 Å². The fourth-order valence-corrected chi connectivity index (χ4v) is 1.52. The van der Waals surface area contributed by atoms with E-state index in [1.807, 2.05) is 0 Å². The van der Waals surface area contributed by atoms with Crippen LogP contribution in [0.15, 0.2) is 0 Å². The molecule has 0 fully saturated rings. The minimum absolute atomic E-state index is 0.0460. The van der Waals surface area contributed by atoms with Crippen molar-refractivity contribution in [1.29, 1.82) is 0 Å². The number of carbonyl (C=O) groups is 1. The average Bonchev–Trinajstić information content (AvgIpc) is 2.44. The van der Waals surface area contributed by atoms with Gasteiger partial charge >= 0.3 is 5.97 Å². The first-order valence-electron chi connectivity index (χ1n) is 3.43. The quantitative estimate of drug-likeness (QED) is 0.678. The molecule has 2 heterocycles. The van der Waals surface area contributed by atoms with Crippen LogP contribution in [0.4, 0.5) is 5.95 Å². The van der Waals surface area contributed by atoms with Crippen LogP contribution in [-0.2, 0) is 6.54 Å². The van der Waals surface area contributed by atoms with Crippen molar-refractivity contribution in [3.63, 3.8) is 0 Å². The van der Waals surface area contributed by atoms with E-state index in [2.05, 4.69) is 10.3 Å². The van der Waals surface area contributed by atoms with E-state index in [1.165, 1.54) is 0 Å². The van der Waals surface area contributed by atoms with Crippen LogP contribution in [0.1, 0.15) is 10.5 Å². The van der Waals surface area contributed by atoms with Crippen molar-refractivity contribution in [2.45, 2.75) is 6.54 Å². The second-order valence-electron chi connectivity index (χ2n) is 2.46. The number of fused-ring (bicyclic) bond motifs is 1. The zero-order valence-corrected chi connectivity index (χ0v) is 6.80. The van der Waals surface area contributed by atoms with Crippen molar-refractivity contribution in [2.24, 2.45) is 0 Å². The number of imidazole rings is 1. The molecule has 1 aliphatic heterocycles. The minimum Gasteiger partial charge on any atom is -0.476 e. The van der Waals surface area contributed by atoms with E-state index in [0.717, 1.165) is 0 Å². The highest BCUT2D eigenvalue weighted by atomic mass is 35.5. The summed E-state index contributed by atoms with van der Waals surface area (Å²) in [7, 11) is 0. The number of nitrogens with zero attached hydrogens (tertiary/aromatic N) is 2. The van der Waals surface area contributed by atoms with E-state index in [1.54, 1.807) is 4.57 Å². The molecule has 2 rings (SSSR count). The Hall–Kier alpha value is -1.23. The Morgan fingerprint density at radius 1 is 1.75 bits per heavy atom. The average molecular weight is 188 g/mol. The summed E-state index contributed by atoms with van der Waals surface area (Å²) in [4.78, 5) is 14.5. The smallest absolute Gasteiger partial charge is 0.355 e. The summed E-state index contributed by atoms with van der Waals surface area (Å²) >= 11 is 5.61. The second kappa shape index (κ2) is 2.38. The van der Waals surface area contributed by atoms with E-state index < -0.39 is 5.97 Å². The number of anilines is 1. The topological polar surface area (TPSA) is 67.1 Å². The first-order chi connectivity index (χ1) is 5.70. The van der Waals surface area contributed by atoms with Crippen LogP contribution in [0.25, 0.3) is 0 Å². The summed E-state index contributed by atoms with van der Waals surface area (Å²) in [6.07, 6.45) is 0. The first kappa shape index (κ1) is 7.42. The van der Waals surface area contributed by atoms with Crippen LogP contribution in [0, 0.1) is 0 Å². The van der Waals surface area contributed by atoms with Gasteiger partial charge in [-0.15, -0.1) is 0 Å². The summed E-state index contributed by atoms with van der Waals surface area (Å²) < 4.78 is 1.56. The van der Waals surface area contributed by atoms with Crippen LogP contribution < -0.4 is 5.32 Å². The molecule has 0 unspecified atom stereocenters. The fourth-order valence-electron chi connectivity index (χ4n) is 1.26. The Morgan fingerprint density at radius 2 is 2.50 bits per heavy atom. The minimum atomic E-state index is -1.04. The molecule has 64 valence electrons. The molecule has 1 aliphatic rings. The maximum absolute atomic E-state index is 10.7. The number of aromatic carboxylic acids is 1. The van der Waals surface area contributed by atoms with E-state index in [-0.39, 0.29) is 10.8 Å². The zero-order chi connectivity index (χ0) is 8.72. The van der Waals surface area contributed by atoms with Gasteiger partial charge in [0, 0.05) is 13.1 Å². The van der Waals surface area contributed by atoms with Crippen LogP contribution >= 0.6 is 11.6 Å². The molecule has 0 aromatic carbocycles. The molecule has 0 radical (unpaired) electrons. The summed E-state index contributed by atoms with van der Waals surface area (Å²) in [6.45, 7) is 1.32. The Labute approximate surface area is 73.0 Å². The highest BCUT2D eigenvalue weighted by molar-refractivity contribution is 6.32. The lowest BCUT2D eigenvalue weighted by Gasteiger charge is -1.96. The van der Waals surface area contributed by atoms with Crippen molar-refractivity contribution in [1.82, 2.24) is 9.55 Å². The highest BCUT2D eigenvalue weighted by Crippen LogP contribution is 2.23. The SMILES string of the molecule is O=C(O)c1c(Cl)nc2n1CCN2. The molecule has 0 aliphatic carbocycles. The van der Waals surface area contributed by atoms with Gasteiger partial charge in [-0.25, -0.2) is 9.78 Å². The molecule has 1 aromatic rings. The van der Waals surface area contributed by atoms with Gasteiger partial charge in [-0.1, -0.05) is 11.6 Å². The van der Waals surface area contributed by atoms with Gasteiger partial charge < -0.3 is 15.0 Å². The molecule has 0 saturated heterocycles. The maximum Gasteiger partial charge on any atom is 0.355 e. The maximum atomic E-state index is 10.7. The lowest BCUT2D eigenvalue weighted by atomic mass is 10.4. The largest absolute Gasteiger partial charge is 0.476 e. The lowest BCUT2D eigenvalue weighted by Crippen LogP contribution is -2.06. The monoisotopic (exact) mass is 187 g/mol. The van der Waals surface area contributed by atoms with Crippen molar-refractivity contribution in [2.75, 3.05) is 11.9 Å².